The number of para-hydroxylation sites is 1. The average Bonchev–Trinajstić information content (AvgIpc) is 3.20. The number of imide groups is 1. The molecule has 194 valence electrons. The lowest BCUT2D eigenvalue weighted by Gasteiger charge is -2.26. The van der Waals surface area contributed by atoms with E-state index >= 15 is 0 Å². The lowest BCUT2D eigenvalue weighted by atomic mass is 10.0. The Hall–Kier alpha value is -5.11. The Bertz CT molecular complexity index is 1570. The van der Waals surface area contributed by atoms with Crippen molar-refractivity contribution in [3.8, 4) is 0 Å². The minimum atomic E-state index is -1.21. The monoisotopic (exact) mass is 519 g/mol. The van der Waals surface area contributed by atoms with E-state index in [0.29, 0.717) is 16.8 Å². The number of amides is 3. The molecule has 1 aromatic heterocycles. The molecule has 0 spiro atoms. The molecular formula is C31H25N3O5. The third kappa shape index (κ3) is 5.45. The van der Waals surface area contributed by atoms with Crippen molar-refractivity contribution >= 4 is 40.3 Å². The van der Waals surface area contributed by atoms with Crippen molar-refractivity contribution < 1.29 is 23.9 Å². The van der Waals surface area contributed by atoms with E-state index in [1.165, 1.54) is 6.08 Å². The van der Waals surface area contributed by atoms with Crippen LogP contribution in [0.5, 0.6) is 0 Å². The van der Waals surface area contributed by atoms with E-state index in [0.717, 1.165) is 15.8 Å². The number of fused-ring (bicyclic) bond motifs is 2. The predicted molar refractivity (Wildman–Crippen MR) is 146 cm³/mol. The molecule has 0 aliphatic carbocycles. The zero-order chi connectivity index (χ0) is 27.4. The Labute approximate surface area is 224 Å². The molecule has 39 heavy (non-hydrogen) atoms. The number of pyridine rings is 1. The van der Waals surface area contributed by atoms with Crippen LogP contribution in [0.3, 0.4) is 0 Å². The fourth-order valence-corrected chi connectivity index (χ4v) is 4.55. The molecule has 1 atom stereocenters. The number of rotatable bonds is 8. The third-order valence-corrected chi connectivity index (χ3v) is 6.43. The van der Waals surface area contributed by atoms with E-state index in [9.17, 15) is 19.2 Å². The summed E-state index contributed by atoms with van der Waals surface area (Å²) < 4.78 is 5.33. The van der Waals surface area contributed by atoms with Crippen molar-refractivity contribution in [1.82, 2.24) is 9.88 Å². The summed E-state index contributed by atoms with van der Waals surface area (Å²) >= 11 is 0. The third-order valence-electron chi connectivity index (χ3n) is 6.43. The van der Waals surface area contributed by atoms with Gasteiger partial charge in [-0.25, -0.2) is 4.79 Å². The normalized spacial score (nSPS) is 13.8. The highest BCUT2D eigenvalue weighted by Gasteiger charge is 2.42. The van der Waals surface area contributed by atoms with Gasteiger partial charge in [0, 0.05) is 17.7 Å². The molecular weight excluding hydrogens is 494 g/mol. The van der Waals surface area contributed by atoms with Crippen molar-refractivity contribution in [2.45, 2.75) is 26.0 Å². The first kappa shape index (κ1) is 25.5. The molecule has 3 amide bonds. The molecule has 0 bridgehead atoms. The van der Waals surface area contributed by atoms with Crippen LogP contribution in [0.15, 0.2) is 103 Å². The molecule has 0 fully saturated rings. The van der Waals surface area contributed by atoms with Gasteiger partial charge in [0.15, 0.2) is 0 Å². The molecule has 0 saturated carbocycles. The standard InChI is InChI=1S/C31H25N3O5/c1-20(18-27(35)39-19-21-9-3-2-4-10-21)17-26(34-30(37)23-13-5-6-14-24(23)31(34)38)29(36)33-25-15-7-11-22-12-8-16-32-28(22)25/h2-16,18,26H,17,19H2,1H3,(H,33,36)/b20-18+/t26-/m0/s1. The highest BCUT2D eigenvalue weighted by atomic mass is 16.5. The van der Waals surface area contributed by atoms with Crippen LogP contribution in [-0.4, -0.2) is 39.6 Å². The number of carbonyl (C=O) groups is 4. The van der Waals surface area contributed by atoms with Crippen LogP contribution in [0.1, 0.15) is 39.6 Å². The second kappa shape index (κ2) is 11.1. The molecule has 0 radical (unpaired) electrons. The Morgan fingerprint density at radius 2 is 1.56 bits per heavy atom. The first-order valence-corrected chi connectivity index (χ1v) is 12.4. The maximum absolute atomic E-state index is 13.7. The van der Waals surface area contributed by atoms with Gasteiger partial charge in [-0.05, 0) is 43.2 Å². The van der Waals surface area contributed by atoms with Gasteiger partial charge in [-0.2, -0.15) is 0 Å². The van der Waals surface area contributed by atoms with Crippen LogP contribution in [0, 0.1) is 0 Å². The maximum Gasteiger partial charge on any atom is 0.331 e. The van der Waals surface area contributed by atoms with Gasteiger partial charge < -0.3 is 10.1 Å². The maximum atomic E-state index is 13.7. The Morgan fingerprint density at radius 1 is 0.897 bits per heavy atom. The summed E-state index contributed by atoms with van der Waals surface area (Å²) in [5, 5.41) is 3.67. The van der Waals surface area contributed by atoms with Crippen LogP contribution in [0.25, 0.3) is 10.9 Å². The first-order valence-electron chi connectivity index (χ1n) is 12.4. The molecule has 1 N–H and O–H groups in total. The summed E-state index contributed by atoms with van der Waals surface area (Å²) in [5.74, 6) is -2.29. The van der Waals surface area contributed by atoms with Gasteiger partial charge in [0.25, 0.3) is 11.8 Å². The zero-order valence-corrected chi connectivity index (χ0v) is 21.2. The number of carbonyl (C=O) groups excluding carboxylic acids is 4. The molecule has 5 rings (SSSR count). The summed E-state index contributed by atoms with van der Waals surface area (Å²) in [6.07, 6.45) is 2.84. The number of benzene rings is 3. The number of aromatic nitrogens is 1. The second-order valence-corrected chi connectivity index (χ2v) is 9.20. The number of nitrogens with zero attached hydrogens (tertiary/aromatic N) is 2. The van der Waals surface area contributed by atoms with Gasteiger partial charge in [0.2, 0.25) is 5.91 Å². The van der Waals surface area contributed by atoms with E-state index in [1.807, 2.05) is 42.5 Å². The van der Waals surface area contributed by atoms with Gasteiger partial charge in [-0.15, -0.1) is 0 Å². The molecule has 4 aromatic rings. The van der Waals surface area contributed by atoms with Crippen molar-refractivity contribution in [1.29, 1.82) is 0 Å². The summed E-state index contributed by atoms with van der Waals surface area (Å²) in [5.41, 5.74) is 2.80. The fourth-order valence-electron chi connectivity index (χ4n) is 4.55. The highest BCUT2D eigenvalue weighted by Crippen LogP contribution is 2.28. The van der Waals surface area contributed by atoms with E-state index in [4.69, 9.17) is 4.74 Å². The molecule has 2 heterocycles. The van der Waals surface area contributed by atoms with Crippen LogP contribution in [-0.2, 0) is 20.9 Å². The van der Waals surface area contributed by atoms with Crippen molar-refractivity contribution in [2.24, 2.45) is 0 Å². The summed E-state index contributed by atoms with van der Waals surface area (Å²) in [4.78, 5) is 58.1. The van der Waals surface area contributed by atoms with E-state index in [1.54, 1.807) is 55.6 Å². The van der Waals surface area contributed by atoms with Gasteiger partial charge in [0.05, 0.1) is 22.3 Å². The Kier molecular flexibility index (Phi) is 7.27. The van der Waals surface area contributed by atoms with Gasteiger partial charge in [0.1, 0.15) is 12.6 Å². The SMILES string of the molecule is C/C(=C\C(=O)OCc1ccccc1)C[C@@H](C(=O)Nc1cccc2cccnc12)N1C(=O)c2ccccc2C1=O. The minimum absolute atomic E-state index is 0.0596. The number of hydrogen-bond donors (Lipinski definition) is 1. The number of hydrogen-bond acceptors (Lipinski definition) is 6. The van der Waals surface area contributed by atoms with Crippen LogP contribution < -0.4 is 5.32 Å². The van der Waals surface area contributed by atoms with Crippen LogP contribution in [0.4, 0.5) is 5.69 Å². The van der Waals surface area contributed by atoms with Gasteiger partial charge in [-0.3, -0.25) is 24.3 Å². The molecule has 1 aliphatic heterocycles. The summed E-state index contributed by atoms with van der Waals surface area (Å²) in [6.45, 7) is 1.75. The smallest absolute Gasteiger partial charge is 0.331 e. The lowest BCUT2D eigenvalue weighted by Crippen LogP contribution is -2.47. The quantitative estimate of drug-likeness (QED) is 0.201. The first-order chi connectivity index (χ1) is 18.9. The highest BCUT2D eigenvalue weighted by molar-refractivity contribution is 6.23. The van der Waals surface area contributed by atoms with E-state index < -0.39 is 29.7 Å². The van der Waals surface area contributed by atoms with Crippen molar-refractivity contribution in [3.05, 3.63) is 119 Å². The minimum Gasteiger partial charge on any atom is -0.458 e. The fraction of sp³-hybridized carbons (Fsp3) is 0.129. The van der Waals surface area contributed by atoms with Crippen LogP contribution >= 0.6 is 0 Å². The Balaban J connectivity index is 1.41. The molecule has 0 unspecified atom stereocenters. The molecule has 8 nitrogen and oxygen atoms in total. The largest absolute Gasteiger partial charge is 0.458 e. The molecule has 0 saturated heterocycles. The number of esters is 1. The molecule has 1 aliphatic rings. The average molecular weight is 520 g/mol. The number of ether oxygens (including phenoxy) is 1. The topological polar surface area (TPSA) is 106 Å². The van der Waals surface area contributed by atoms with Gasteiger partial charge >= 0.3 is 5.97 Å². The van der Waals surface area contributed by atoms with E-state index in [-0.39, 0.29) is 24.2 Å². The van der Waals surface area contributed by atoms with Crippen molar-refractivity contribution in [3.63, 3.8) is 0 Å². The van der Waals surface area contributed by atoms with Gasteiger partial charge in [-0.1, -0.05) is 66.2 Å². The number of anilines is 1. The van der Waals surface area contributed by atoms with Crippen LogP contribution in [0.2, 0.25) is 0 Å². The predicted octanol–water partition coefficient (Wildman–Crippen LogP) is 4.92. The van der Waals surface area contributed by atoms with E-state index in [2.05, 4.69) is 10.3 Å². The number of nitrogens with one attached hydrogen (secondary N) is 1. The zero-order valence-electron chi connectivity index (χ0n) is 21.2. The second-order valence-electron chi connectivity index (χ2n) is 9.20. The summed E-state index contributed by atoms with van der Waals surface area (Å²) in [7, 11) is 0. The molecule has 8 heteroatoms. The lowest BCUT2D eigenvalue weighted by molar-refractivity contribution is -0.139. The summed E-state index contributed by atoms with van der Waals surface area (Å²) in [6, 6.07) is 23.5. The van der Waals surface area contributed by atoms with Crippen molar-refractivity contribution in [2.75, 3.05) is 5.32 Å². The Morgan fingerprint density at radius 3 is 2.28 bits per heavy atom. The molecule has 3 aromatic carbocycles.